The van der Waals surface area contributed by atoms with Crippen LogP contribution in [0, 0.1) is 6.92 Å². The van der Waals surface area contributed by atoms with Gasteiger partial charge in [-0.3, -0.25) is 4.79 Å². The van der Waals surface area contributed by atoms with Gasteiger partial charge in [0, 0.05) is 5.69 Å². The minimum atomic E-state index is -0.158. The molecular formula is C14H21BrN3O2+. The Morgan fingerprint density at radius 3 is 2.50 bits per heavy atom. The minimum Gasteiger partial charge on any atom is -0.506 e. The fourth-order valence-corrected chi connectivity index (χ4v) is 2.74. The minimum absolute atomic E-state index is 0.0268. The molecule has 0 bridgehead atoms. The molecule has 20 heavy (non-hydrogen) atoms. The van der Waals surface area contributed by atoms with Crippen LogP contribution in [0.3, 0.4) is 0 Å². The van der Waals surface area contributed by atoms with Crippen molar-refractivity contribution in [1.29, 1.82) is 0 Å². The van der Waals surface area contributed by atoms with Crippen molar-refractivity contribution in [1.82, 2.24) is 4.90 Å². The second-order valence-corrected chi connectivity index (χ2v) is 6.77. The molecule has 1 saturated heterocycles. The Balaban J connectivity index is 2.27. The molecule has 1 heterocycles. The summed E-state index contributed by atoms with van der Waals surface area (Å²) in [7, 11) is 4.31. The highest BCUT2D eigenvalue weighted by Gasteiger charge is 2.29. The van der Waals surface area contributed by atoms with Crippen molar-refractivity contribution < 1.29 is 14.4 Å². The number of carbonyl (C=O) groups is 1. The number of quaternary nitrogens is 1. The first-order valence-corrected chi connectivity index (χ1v) is 7.41. The summed E-state index contributed by atoms with van der Waals surface area (Å²) in [5, 5.41) is 10.2. The monoisotopic (exact) mass is 342 g/mol. The maximum atomic E-state index is 12.5. The molecule has 6 heteroatoms. The lowest BCUT2D eigenvalue weighted by molar-refractivity contribution is -0.894. The highest BCUT2D eigenvalue weighted by atomic mass is 79.9. The maximum absolute atomic E-state index is 12.5. The largest absolute Gasteiger partial charge is 0.506 e. The zero-order valence-electron chi connectivity index (χ0n) is 12.1. The Bertz CT molecular complexity index is 548. The van der Waals surface area contributed by atoms with Crippen LogP contribution in [0.5, 0.6) is 5.75 Å². The molecule has 0 aromatic heterocycles. The van der Waals surface area contributed by atoms with Gasteiger partial charge in [-0.2, -0.15) is 0 Å². The highest BCUT2D eigenvalue weighted by molar-refractivity contribution is 9.10. The van der Waals surface area contributed by atoms with E-state index in [2.05, 4.69) is 30.0 Å². The van der Waals surface area contributed by atoms with Crippen molar-refractivity contribution in [2.24, 2.45) is 0 Å². The smallest absolute Gasteiger partial charge is 0.258 e. The number of nitrogens with two attached hydrogens (primary N) is 1. The zero-order chi connectivity index (χ0) is 15.1. The summed E-state index contributed by atoms with van der Waals surface area (Å²) >= 11 is 3.29. The lowest BCUT2D eigenvalue weighted by Gasteiger charge is -2.39. The first-order chi connectivity index (χ1) is 9.23. The summed E-state index contributed by atoms with van der Waals surface area (Å²) in [5.41, 5.74) is 7.41. The second-order valence-electron chi connectivity index (χ2n) is 5.98. The number of anilines is 1. The summed E-state index contributed by atoms with van der Waals surface area (Å²) in [6, 6.07) is 1.56. The van der Waals surface area contributed by atoms with Crippen LogP contribution in [0.1, 0.15) is 15.9 Å². The van der Waals surface area contributed by atoms with Crippen LogP contribution in [0.15, 0.2) is 10.5 Å². The van der Waals surface area contributed by atoms with Crippen LogP contribution >= 0.6 is 15.9 Å². The number of carbonyl (C=O) groups excluding carboxylic acids is 1. The Morgan fingerprint density at radius 2 is 1.95 bits per heavy atom. The third-order valence-electron chi connectivity index (χ3n) is 3.99. The number of hydrogen-bond donors (Lipinski definition) is 2. The van der Waals surface area contributed by atoms with E-state index in [1.165, 1.54) is 0 Å². The summed E-state index contributed by atoms with van der Waals surface area (Å²) in [4.78, 5) is 14.3. The van der Waals surface area contributed by atoms with E-state index in [1.54, 1.807) is 17.9 Å². The SMILES string of the molecule is Cc1c(N)cc(C(=O)N2CC[N+](C)(C)CC2)c(O)c1Br. The summed E-state index contributed by atoms with van der Waals surface area (Å²) < 4.78 is 1.41. The quantitative estimate of drug-likeness (QED) is 0.462. The highest BCUT2D eigenvalue weighted by Crippen LogP contribution is 2.35. The Kier molecular flexibility index (Phi) is 3.97. The van der Waals surface area contributed by atoms with Crippen LogP contribution < -0.4 is 5.73 Å². The van der Waals surface area contributed by atoms with Gasteiger partial charge in [0.1, 0.15) is 5.75 Å². The molecule has 3 N–H and O–H groups in total. The standard InChI is InChI=1S/C14H20BrN3O2/c1-9-11(16)8-10(13(19)12(9)15)14(20)17-4-6-18(2,3)7-5-17/h8H,4-7,16H2,1-3H3/p+1. The third-order valence-corrected chi connectivity index (χ3v) is 4.96. The van der Waals surface area contributed by atoms with Gasteiger partial charge in [-0.15, -0.1) is 0 Å². The number of phenolic OH excluding ortho intramolecular Hbond substituents is 1. The van der Waals surface area contributed by atoms with E-state index in [0.717, 1.165) is 23.1 Å². The lowest BCUT2D eigenvalue weighted by Crippen LogP contribution is -2.56. The van der Waals surface area contributed by atoms with Gasteiger partial charge in [-0.25, -0.2) is 0 Å². The van der Waals surface area contributed by atoms with Gasteiger partial charge in [0.05, 0.1) is 50.3 Å². The van der Waals surface area contributed by atoms with Crippen molar-refractivity contribution >= 4 is 27.5 Å². The van der Waals surface area contributed by atoms with Crippen molar-refractivity contribution in [3.63, 3.8) is 0 Å². The average molecular weight is 343 g/mol. The van der Waals surface area contributed by atoms with E-state index >= 15 is 0 Å². The molecular weight excluding hydrogens is 322 g/mol. The normalized spacial score (nSPS) is 18.1. The molecule has 1 aliphatic heterocycles. The molecule has 110 valence electrons. The average Bonchev–Trinajstić information content (AvgIpc) is 2.40. The fourth-order valence-electron chi connectivity index (χ4n) is 2.30. The molecule has 0 aliphatic carbocycles. The number of aromatic hydroxyl groups is 1. The number of phenols is 1. The summed E-state index contributed by atoms with van der Waals surface area (Å²) in [6.07, 6.45) is 0. The van der Waals surface area contributed by atoms with Crippen molar-refractivity contribution in [3.05, 3.63) is 21.7 Å². The number of nitrogen functional groups attached to an aromatic ring is 1. The molecule has 1 fully saturated rings. The topological polar surface area (TPSA) is 66.6 Å². The van der Waals surface area contributed by atoms with Crippen LogP contribution in [-0.2, 0) is 0 Å². The molecule has 0 spiro atoms. The number of halogens is 1. The van der Waals surface area contributed by atoms with Crippen molar-refractivity contribution in [2.75, 3.05) is 46.0 Å². The Hall–Kier alpha value is -1.27. The van der Waals surface area contributed by atoms with Crippen LogP contribution in [0.2, 0.25) is 0 Å². The van der Waals surface area contributed by atoms with E-state index in [9.17, 15) is 9.90 Å². The van der Waals surface area contributed by atoms with E-state index in [4.69, 9.17) is 5.73 Å². The van der Waals surface area contributed by atoms with Gasteiger partial charge in [-0.05, 0) is 34.5 Å². The van der Waals surface area contributed by atoms with E-state index in [0.29, 0.717) is 23.2 Å². The van der Waals surface area contributed by atoms with Gasteiger partial charge < -0.3 is 20.2 Å². The van der Waals surface area contributed by atoms with E-state index in [-0.39, 0.29) is 17.2 Å². The molecule has 1 amide bonds. The molecule has 0 unspecified atom stereocenters. The summed E-state index contributed by atoms with van der Waals surface area (Å²) in [6.45, 7) is 5.01. The van der Waals surface area contributed by atoms with Gasteiger partial charge in [0.15, 0.2) is 0 Å². The van der Waals surface area contributed by atoms with Gasteiger partial charge in [0.2, 0.25) is 0 Å². The molecule has 1 aliphatic rings. The van der Waals surface area contributed by atoms with Crippen LogP contribution in [-0.4, -0.2) is 60.7 Å². The second kappa shape index (κ2) is 5.26. The predicted octanol–water partition coefficient (Wildman–Crippen LogP) is 1.58. The van der Waals surface area contributed by atoms with E-state index < -0.39 is 0 Å². The van der Waals surface area contributed by atoms with E-state index in [1.807, 2.05) is 0 Å². The molecule has 1 aromatic rings. The molecule has 1 aromatic carbocycles. The number of likely N-dealkylation sites (N-methyl/N-ethyl adjacent to an activating group) is 1. The molecule has 0 atom stereocenters. The third kappa shape index (κ3) is 2.76. The van der Waals surface area contributed by atoms with Crippen LogP contribution in [0.4, 0.5) is 5.69 Å². The number of rotatable bonds is 1. The first-order valence-electron chi connectivity index (χ1n) is 6.62. The van der Waals surface area contributed by atoms with Gasteiger partial charge >= 0.3 is 0 Å². The predicted molar refractivity (Wildman–Crippen MR) is 82.7 cm³/mol. The van der Waals surface area contributed by atoms with Crippen molar-refractivity contribution in [2.45, 2.75) is 6.92 Å². The number of amides is 1. The van der Waals surface area contributed by atoms with Crippen LogP contribution in [0.25, 0.3) is 0 Å². The Labute approximate surface area is 127 Å². The fraction of sp³-hybridized carbons (Fsp3) is 0.500. The number of nitrogens with zero attached hydrogens (tertiary/aromatic N) is 2. The Morgan fingerprint density at radius 1 is 1.40 bits per heavy atom. The van der Waals surface area contributed by atoms with Gasteiger partial charge in [-0.1, -0.05) is 0 Å². The molecule has 5 nitrogen and oxygen atoms in total. The molecule has 0 saturated carbocycles. The molecule has 0 radical (unpaired) electrons. The number of benzene rings is 1. The summed E-state index contributed by atoms with van der Waals surface area (Å²) in [5.74, 6) is -0.185. The maximum Gasteiger partial charge on any atom is 0.258 e. The number of piperazine rings is 1. The zero-order valence-corrected chi connectivity index (χ0v) is 13.7. The lowest BCUT2D eigenvalue weighted by atomic mass is 10.1. The number of hydrogen-bond acceptors (Lipinski definition) is 3. The van der Waals surface area contributed by atoms with Crippen molar-refractivity contribution in [3.8, 4) is 5.75 Å². The molecule has 2 rings (SSSR count). The first kappa shape index (κ1) is 15.1. The van der Waals surface area contributed by atoms with Gasteiger partial charge in [0.25, 0.3) is 5.91 Å².